The Morgan fingerprint density at radius 2 is 2.06 bits per heavy atom. The van der Waals surface area contributed by atoms with Crippen LogP contribution < -0.4 is 5.32 Å². The molecule has 1 fully saturated rings. The highest BCUT2D eigenvalue weighted by Gasteiger charge is 2.26. The molecular formula is C15H22N2. The van der Waals surface area contributed by atoms with Gasteiger partial charge in [0.15, 0.2) is 0 Å². The van der Waals surface area contributed by atoms with Crippen LogP contribution in [0.3, 0.4) is 0 Å². The third-order valence-electron chi connectivity index (χ3n) is 4.27. The van der Waals surface area contributed by atoms with Crippen molar-refractivity contribution < 1.29 is 0 Å². The van der Waals surface area contributed by atoms with E-state index in [1.807, 2.05) is 0 Å². The third-order valence-corrected chi connectivity index (χ3v) is 4.27. The molecule has 2 heterocycles. The van der Waals surface area contributed by atoms with Gasteiger partial charge in [-0.1, -0.05) is 24.3 Å². The number of rotatable bonds is 1. The van der Waals surface area contributed by atoms with Crippen LogP contribution in [0.5, 0.6) is 0 Å². The number of piperidine rings is 1. The van der Waals surface area contributed by atoms with Crippen molar-refractivity contribution in [2.24, 2.45) is 0 Å². The second kappa shape index (κ2) is 4.79. The zero-order valence-electron chi connectivity index (χ0n) is 10.7. The number of nitrogens with zero attached hydrogens (tertiary/aromatic N) is 1. The van der Waals surface area contributed by atoms with E-state index in [4.69, 9.17) is 0 Å². The van der Waals surface area contributed by atoms with Crippen LogP contribution in [0.15, 0.2) is 24.3 Å². The third kappa shape index (κ3) is 2.38. The molecule has 0 spiro atoms. The number of hydrogen-bond acceptors (Lipinski definition) is 2. The van der Waals surface area contributed by atoms with Gasteiger partial charge >= 0.3 is 0 Å². The first-order chi connectivity index (χ1) is 8.33. The van der Waals surface area contributed by atoms with E-state index in [2.05, 4.69) is 41.4 Å². The van der Waals surface area contributed by atoms with Crippen molar-refractivity contribution >= 4 is 0 Å². The molecule has 0 bridgehead atoms. The van der Waals surface area contributed by atoms with Gasteiger partial charge in [0.1, 0.15) is 0 Å². The second-order valence-electron chi connectivity index (χ2n) is 5.52. The minimum Gasteiger partial charge on any atom is -0.314 e. The predicted octanol–water partition coefficient (Wildman–Crippen LogP) is 2.19. The van der Waals surface area contributed by atoms with Crippen LogP contribution in [0.2, 0.25) is 0 Å². The highest BCUT2D eigenvalue weighted by atomic mass is 15.2. The Labute approximate surface area is 104 Å². The maximum Gasteiger partial charge on any atom is 0.0239 e. The zero-order valence-corrected chi connectivity index (χ0v) is 10.7. The summed E-state index contributed by atoms with van der Waals surface area (Å²) < 4.78 is 0. The summed E-state index contributed by atoms with van der Waals surface area (Å²) in [6.07, 6.45) is 3.85. The van der Waals surface area contributed by atoms with E-state index in [0.717, 1.165) is 12.6 Å². The van der Waals surface area contributed by atoms with Crippen molar-refractivity contribution in [3.63, 3.8) is 0 Å². The van der Waals surface area contributed by atoms with Crippen molar-refractivity contribution in [2.75, 3.05) is 13.1 Å². The Bertz CT molecular complexity index is 388. The smallest absolute Gasteiger partial charge is 0.0239 e. The van der Waals surface area contributed by atoms with Crippen molar-refractivity contribution in [2.45, 2.75) is 44.8 Å². The summed E-state index contributed by atoms with van der Waals surface area (Å²) in [6.45, 7) is 5.90. The summed E-state index contributed by atoms with van der Waals surface area (Å²) in [5, 5.41) is 3.54. The van der Waals surface area contributed by atoms with E-state index in [9.17, 15) is 0 Å². The van der Waals surface area contributed by atoms with E-state index >= 15 is 0 Å². The molecular weight excluding hydrogens is 208 g/mol. The average molecular weight is 230 g/mol. The van der Waals surface area contributed by atoms with Crippen LogP contribution in [0, 0.1) is 0 Å². The summed E-state index contributed by atoms with van der Waals surface area (Å²) in [5.74, 6) is 0. The quantitative estimate of drug-likeness (QED) is 0.795. The summed E-state index contributed by atoms with van der Waals surface area (Å²) in [7, 11) is 0. The normalized spacial score (nSPS) is 29.9. The largest absolute Gasteiger partial charge is 0.314 e. The molecule has 1 saturated heterocycles. The lowest BCUT2D eigenvalue weighted by Gasteiger charge is -2.39. The van der Waals surface area contributed by atoms with Crippen molar-refractivity contribution in [1.82, 2.24) is 10.2 Å². The van der Waals surface area contributed by atoms with Crippen LogP contribution in [0.4, 0.5) is 0 Å². The topological polar surface area (TPSA) is 15.3 Å². The molecule has 0 saturated carbocycles. The summed E-state index contributed by atoms with van der Waals surface area (Å²) in [6, 6.07) is 10.4. The predicted molar refractivity (Wildman–Crippen MR) is 71.0 cm³/mol. The molecule has 1 aromatic rings. The Balaban J connectivity index is 1.71. The van der Waals surface area contributed by atoms with E-state index in [0.29, 0.717) is 6.04 Å². The molecule has 0 radical (unpaired) electrons. The highest BCUT2D eigenvalue weighted by Crippen LogP contribution is 2.24. The summed E-state index contributed by atoms with van der Waals surface area (Å²) >= 11 is 0. The molecule has 92 valence electrons. The van der Waals surface area contributed by atoms with Gasteiger partial charge in [-0.15, -0.1) is 0 Å². The van der Waals surface area contributed by atoms with Gasteiger partial charge in [0, 0.05) is 25.2 Å². The van der Waals surface area contributed by atoms with Crippen molar-refractivity contribution in [3.8, 4) is 0 Å². The molecule has 0 aliphatic carbocycles. The number of nitrogens with one attached hydrogen (secondary N) is 1. The summed E-state index contributed by atoms with van der Waals surface area (Å²) in [5.41, 5.74) is 3.11. The molecule has 17 heavy (non-hydrogen) atoms. The molecule has 2 atom stereocenters. The molecule has 2 unspecified atom stereocenters. The lowest BCUT2D eigenvalue weighted by Crippen LogP contribution is -2.48. The fourth-order valence-electron chi connectivity index (χ4n) is 3.27. The molecule has 2 nitrogen and oxygen atoms in total. The zero-order chi connectivity index (χ0) is 11.7. The van der Waals surface area contributed by atoms with Gasteiger partial charge in [-0.2, -0.15) is 0 Å². The van der Waals surface area contributed by atoms with Gasteiger partial charge in [0.05, 0.1) is 0 Å². The second-order valence-corrected chi connectivity index (χ2v) is 5.52. The highest BCUT2D eigenvalue weighted by molar-refractivity contribution is 5.29. The van der Waals surface area contributed by atoms with Crippen LogP contribution >= 0.6 is 0 Å². The Kier molecular flexibility index (Phi) is 3.17. The van der Waals surface area contributed by atoms with Crippen LogP contribution in [0.25, 0.3) is 0 Å². The Morgan fingerprint density at radius 3 is 2.88 bits per heavy atom. The van der Waals surface area contributed by atoms with Crippen molar-refractivity contribution in [1.29, 1.82) is 0 Å². The lowest BCUT2D eigenvalue weighted by atomic mass is 9.94. The molecule has 2 aliphatic heterocycles. The molecule has 2 heteroatoms. The standard InChI is InChI=1S/C15H22N2/c1-12-10-15(6-8-16-12)17-9-7-13-4-2-3-5-14(13)11-17/h2-5,12,15-16H,6-11H2,1H3. The van der Waals surface area contributed by atoms with Gasteiger partial charge in [-0.25, -0.2) is 0 Å². The van der Waals surface area contributed by atoms with E-state index in [-0.39, 0.29) is 0 Å². The monoisotopic (exact) mass is 230 g/mol. The van der Waals surface area contributed by atoms with Crippen molar-refractivity contribution in [3.05, 3.63) is 35.4 Å². The first-order valence-corrected chi connectivity index (χ1v) is 6.87. The molecule has 1 aromatic carbocycles. The van der Waals surface area contributed by atoms with E-state index in [1.54, 1.807) is 11.1 Å². The minimum atomic E-state index is 0.686. The number of fused-ring (bicyclic) bond motifs is 1. The Morgan fingerprint density at radius 1 is 1.24 bits per heavy atom. The van der Waals surface area contributed by atoms with Crippen LogP contribution in [0.1, 0.15) is 30.9 Å². The SMILES string of the molecule is CC1CC(N2CCc3ccccc3C2)CCN1. The fourth-order valence-corrected chi connectivity index (χ4v) is 3.27. The van der Waals surface area contributed by atoms with Gasteiger partial charge < -0.3 is 5.32 Å². The summed E-state index contributed by atoms with van der Waals surface area (Å²) in [4.78, 5) is 2.69. The molecule has 3 rings (SSSR count). The molecule has 2 aliphatic rings. The Hall–Kier alpha value is -0.860. The van der Waals surface area contributed by atoms with E-state index < -0.39 is 0 Å². The van der Waals surface area contributed by atoms with Gasteiger partial charge in [-0.3, -0.25) is 4.90 Å². The number of hydrogen-bond donors (Lipinski definition) is 1. The van der Waals surface area contributed by atoms with Gasteiger partial charge in [-0.05, 0) is 43.9 Å². The minimum absolute atomic E-state index is 0.686. The van der Waals surface area contributed by atoms with E-state index in [1.165, 1.54) is 32.4 Å². The maximum absolute atomic E-state index is 3.54. The first-order valence-electron chi connectivity index (χ1n) is 6.87. The average Bonchev–Trinajstić information content (AvgIpc) is 2.38. The molecule has 1 N–H and O–H groups in total. The first kappa shape index (κ1) is 11.2. The van der Waals surface area contributed by atoms with Crippen LogP contribution in [-0.2, 0) is 13.0 Å². The molecule has 0 amide bonds. The lowest BCUT2D eigenvalue weighted by molar-refractivity contribution is 0.133. The van der Waals surface area contributed by atoms with Gasteiger partial charge in [0.25, 0.3) is 0 Å². The van der Waals surface area contributed by atoms with Crippen LogP contribution in [-0.4, -0.2) is 30.1 Å². The maximum atomic E-state index is 3.54. The fraction of sp³-hybridized carbons (Fsp3) is 0.600. The number of benzene rings is 1. The molecule has 0 aromatic heterocycles. The van der Waals surface area contributed by atoms with Gasteiger partial charge in [0.2, 0.25) is 0 Å².